The molecule has 4 rings (SSSR count). The van der Waals surface area contributed by atoms with Gasteiger partial charge in [0.25, 0.3) is 10.0 Å². The zero-order chi connectivity index (χ0) is 22.0. The van der Waals surface area contributed by atoms with Crippen molar-refractivity contribution in [3.05, 3.63) is 53.3 Å². The highest BCUT2D eigenvalue weighted by Gasteiger charge is 2.34. The number of sulfonamides is 1. The fourth-order valence-electron chi connectivity index (χ4n) is 3.89. The molecule has 0 saturated carbocycles. The number of hydrazine groups is 1. The maximum Gasteiger partial charge on any atom is 0.276 e. The summed E-state index contributed by atoms with van der Waals surface area (Å²) < 4.78 is 59.2. The fraction of sp³-hybridized carbons (Fsp3) is 0.450. The Labute approximate surface area is 179 Å². The van der Waals surface area contributed by atoms with Gasteiger partial charge in [-0.2, -0.15) is 4.31 Å². The Balaban J connectivity index is 1.31. The van der Waals surface area contributed by atoms with Crippen molar-refractivity contribution in [2.45, 2.75) is 36.9 Å². The number of rotatable bonds is 6. The number of furan rings is 1. The van der Waals surface area contributed by atoms with Crippen LogP contribution in [0.5, 0.6) is 0 Å². The Kier molecular flexibility index (Phi) is 6.37. The third-order valence-electron chi connectivity index (χ3n) is 5.59. The van der Waals surface area contributed by atoms with Gasteiger partial charge in [0.2, 0.25) is 11.0 Å². The Morgan fingerprint density at radius 1 is 1.13 bits per heavy atom. The monoisotopic (exact) mass is 454 g/mol. The number of benzene rings is 1. The Hall–Kier alpha value is -2.34. The van der Waals surface area contributed by atoms with E-state index in [1.54, 1.807) is 6.07 Å². The van der Waals surface area contributed by atoms with Crippen LogP contribution in [0.4, 0.5) is 8.78 Å². The number of carbonyl (C=O) groups excluding carboxylic acids is 1. The van der Waals surface area contributed by atoms with Crippen LogP contribution in [0.1, 0.15) is 36.6 Å². The van der Waals surface area contributed by atoms with Gasteiger partial charge in [0.05, 0.1) is 6.04 Å². The van der Waals surface area contributed by atoms with Gasteiger partial charge in [-0.05, 0) is 49.1 Å². The SMILES string of the molecule is O=C(NCc1cc(F)cc(F)c1)C1CCN(S(=O)(=O)c2ccc(C3CCNN3)o2)CC1. The zero-order valence-corrected chi connectivity index (χ0v) is 17.6. The molecule has 1 unspecified atom stereocenters. The topological polar surface area (TPSA) is 104 Å². The average molecular weight is 454 g/mol. The van der Waals surface area contributed by atoms with Crippen molar-refractivity contribution in [3.63, 3.8) is 0 Å². The molecule has 2 aliphatic heterocycles. The van der Waals surface area contributed by atoms with Gasteiger partial charge in [0.1, 0.15) is 17.4 Å². The Bertz CT molecular complexity index is 1020. The van der Waals surface area contributed by atoms with Crippen LogP contribution in [0.25, 0.3) is 0 Å². The zero-order valence-electron chi connectivity index (χ0n) is 16.7. The molecule has 2 saturated heterocycles. The first-order valence-electron chi connectivity index (χ1n) is 10.1. The van der Waals surface area contributed by atoms with Crippen LogP contribution in [0.2, 0.25) is 0 Å². The summed E-state index contributed by atoms with van der Waals surface area (Å²) in [4.78, 5) is 12.4. The van der Waals surface area contributed by atoms with E-state index in [0.717, 1.165) is 31.2 Å². The second-order valence-corrected chi connectivity index (χ2v) is 9.61. The third kappa shape index (κ3) is 4.95. The van der Waals surface area contributed by atoms with Gasteiger partial charge in [-0.25, -0.2) is 22.6 Å². The van der Waals surface area contributed by atoms with E-state index in [2.05, 4.69) is 16.2 Å². The summed E-state index contributed by atoms with van der Waals surface area (Å²) in [6, 6.07) is 6.14. The second-order valence-electron chi connectivity index (χ2n) is 7.74. The fourth-order valence-corrected chi connectivity index (χ4v) is 5.28. The number of piperidine rings is 1. The van der Waals surface area contributed by atoms with Crippen molar-refractivity contribution in [1.82, 2.24) is 20.5 Å². The van der Waals surface area contributed by atoms with Crippen LogP contribution < -0.4 is 16.2 Å². The minimum absolute atomic E-state index is 0.00522. The summed E-state index contributed by atoms with van der Waals surface area (Å²) in [6.07, 6.45) is 1.50. The highest BCUT2D eigenvalue weighted by Crippen LogP contribution is 2.28. The molecule has 168 valence electrons. The maximum atomic E-state index is 13.3. The van der Waals surface area contributed by atoms with E-state index in [-0.39, 0.29) is 42.6 Å². The van der Waals surface area contributed by atoms with Crippen LogP contribution in [0.15, 0.2) is 39.8 Å². The van der Waals surface area contributed by atoms with Crippen molar-refractivity contribution >= 4 is 15.9 Å². The summed E-state index contributed by atoms with van der Waals surface area (Å²) in [6.45, 7) is 1.16. The molecule has 0 aliphatic carbocycles. The van der Waals surface area contributed by atoms with Gasteiger partial charge in [0.15, 0.2) is 0 Å². The van der Waals surface area contributed by atoms with E-state index in [4.69, 9.17) is 4.42 Å². The predicted molar refractivity (Wildman–Crippen MR) is 107 cm³/mol. The first-order valence-corrected chi connectivity index (χ1v) is 11.6. The van der Waals surface area contributed by atoms with Gasteiger partial charge < -0.3 is 9.73 Å². The molecule has 0 bridgehead atoms. The van der Waals surface area contributed by atoms with Gasteiger partial charge in [-0.15, -0.1) is 0 Å². The maximum absolute atomic E-state index is 13.3. The lowest BCUT2D eigenvalue weighted by molar-refractivity contribution is -0.126. The molecule has 1 aromatic heterocycles. The van der Waals surface area contributed by atoms with Crippen molar-refractivity contribution < 1.29 is 26.4 Å². The average Bonchev–Trinajstić information content (AvgIpc) is 3.43. The summed E-state index contributed by atoms with van der Waals surface area (Å²) in [7, 11) is -3.78. The molecule has 0 spiro atoms. The minimum atomic E-state index is -3.78. The summed E-state index contributed by atoms with van der Waals surface area (Å²) in [5.41, 5.74) is 6.33. The lowest BCUT2D eigenvalue weighted by atomic mass is 9.97. The molecule has 1 atom stereocenters. The third-order valence-corrected chi connectivity index (χ3v) is 7.36. The van der Waals surface area contributed by atoms with E-state index in [1.807, 2.05) is 0 Å². The number of carbonyl (C=O) groups is 1. The van der Waals surface area contributed by atoms with Crippen LogP contribution in [-0.2, 0) is 21.4 Å². The molecule has 3 N–H and O–H groups in total. The summed E-state index contributed by atoms with van der Waals surface area (Å²) >= 11 is 0. The van der Waals surface area contributed by atoms with Gasteiger partial charge in [-0.3, -0.25) is 10.2 Å². The van der Waals surface area contributed by atoms with Crippen LogP contribution in [0.3, 0.4) is 0 Å². The molecule has 1 amide bonds. The van der Waals surface area contributed by atoms with E-state index in [9.17, 15) is 22.0 Å². The smallest absolute Gasteiger partial charge is 0.276 e. The van der Waals surface area contributed by atoms with Crippen LogP contribution in [0, 0.1) is 17.6 Å². The Morgan fingerprint density at radius 2 is 1.84 bits per heavy atom. The molecule has 31 heavy (non-hydrogen) atoms. The van der Waals surface area contributed by atoms with Crippen molar-refractivity contribution in [2.75, 3.05) is 19.6 Å². The van der Waals surface area contributed by atoms with E-state index >= 15 is 0 Å². The summed E-state index contributed by atoms with van der Waals surface area (Å²) in [5, 5.41) is 2.57. The molecule has 2 aromatic rings. The molecule has 1 aromatic carbocycles. The van der Waals surface area contributed by atoms with Gasteiger partial charge >= 0.3 is 0 Å². The summed E-state index contributed by atoms with van der Waals surface area (Å²) in [5.74, 6) is -1.48. The molecule has 2 aliphatic rings. The lowest BCUT2D eigenvalue weighted by Crippen LogP contribution is -2.42. The number of nitrogens with zero attached hydrogens (tertiary/aromatic N) is 1. The Morgan fingerprint density at radius 3 is 2.48 bits per heavy atom. The van der Waals surface area contributed by atoms with E-state index in [0.29, 0.717) is 24.2 Å². The standard InChI is InChI=1S/C20H24F2N4O4S/c21-15-9-13(10-16(22)11-15)12-23-20(27)14-4-7-26(8-5-14)31(28,29)19-2-1-18(30-19)17-3-6-24-25-17/h1-2,9-11,14,17,24-25H,3-8,12H2,(H,23,27). The number of hydrogen-bond acceptors (Lipinski definition) is 6. The second kappa shape index (κ2) is 9.03. The quantitative estimate of drug-likeness (QED) is 0.615. The molecule has 0 radical (unpaired) electrons. The highest BCUT2D eigenvalue weighted by atomic mass is 32.2. The normalized spacial score (nSPS) is 20.8. The molecular weight excluding hydrogens is 430 g/mol. The molecule has 11 heteroatoms. The van der Waals surface area contributed by atoms with Crippen LogP contribution in [-0.4, -0.2) is 38.3 Å². The lowest BCUT2D eigenvalue weighted by Gasteiger charge is -2.29. The first-order chi connectivity index (χ1) is 14.8. The first kappa shape index (κ1) is 21.9. The van der Waals surface area contributed by atoms with Gasteiger partial charge in [-0.1, -0.05) is 0 Å². The van der Waals surface area contributed by atoms with E-state index in [1.165, 1.54) is 10.4 Å². The number of amides is 1. The predicted octanol–water partition coefficient (Wildman–Crippen LogP) is 1.81. The van der Waals surface area contributed by atoms with E-state index < -0.39 is 21.7 Å². The van der Waals surface area contributed by atoms with Crippen molar-refractivity contribution in [1.29, 1.82) is 0 Å². The van der Waals surface area contributed by atoms with Crippen LogP contribution >= 0.6 is 0 Å². The number of nitrogens with one attached hydrogen (secondary N) is 3. The van der Waals surface area contributed by atoms with Crippen molar-refractivity contribution in [3.8, 4) is 0 Å². The molecule has 3 heterocycles. The largest absolute Gasteiger partial charge is 0.447 e. The molecule has 8 nitrogen and oxygen atoms in total. The van der Waals surface area contributed by atoms with Crippen molar-refractivity contribution in [2.24, 2.45) is 5.92 Å². The number of halogens is 2. The molecule has 2 fully saturated rings. The highest BCUT2D eigenvalue weighted by molar-refractivity contribution is 7.89. The van der Waals surface area contributed by atoms with Gasteiger partial charge in [0, 0.05) is 38.2 Å². The molecular formula is C20H24F2N4O4S. The minimum Gasteiger partial charge on any atom is -0.447 e. The number of hydrogen-bond donors (Lipinski definition) is 3.